The zero-order valence-electron chi connectivity index (χ0n) is 12.3. The number of halogens is 1. The maximum absolute atomic E-state index is 11.4. The molecule has 0 aliphatic rings. The van der Waals surface area contributed by atoms with Crippen LogP contribution in [-0.2, 0) is 17.8 Å². The second-order valence-corrected chi connectivity index (χ2v) is 5.10. The molecule has 0 saturated heterocycles. The number of nitrogens with zero attached hydrogens (tertiary/aromatic N) is 3. The van der Waals surface area contributed by atoms with Crippen molar-refractivity contribution in [2.75, 3.05) is 27.7 Å². The smallest absolute Gasteiger partial charge is 0.241 e. The topological polar surface area (TPSA) is 69.6 Å². The van der Waals surface area contributed by atoms with Crippen LogP contribution in [0.1, 0.15) is 17.6 Å². The maximum Gasteiger partial charge on any atom is 0.241 e. The zero-order chi connectivity index (χ0) is 14.3. The van der Waals surface area contributed by atoms with E-state index in [-0.39, 0.29) is 36.4 Å². The lowest BCUT2D eigenvalue weighted by Gasteiger charge is -2.13. The lowest BCUT2D eigenvalue weighted by molar-refractivity contribution is -0.127. The average Bonchev–Trinajstić information content (AvgIpc) is 2.86. The fourth-order valence-corrected chi connectivity index (χ4v) is 2.05. The van der Waals surface area contributed by atoms with E-state index < -0.39 is 0 Å². The van der Waals surface area contributed by atoms with Gasteiger partial charge in [-0.3, -0.25) is 9.79 Å². The fraction of sp³-hybridized carbons (Fsp3) is 0.583. The van der Waals surface area contributed by atoms with Gasteiger partial charge in [-0.25, -0.2) is 4.98 Å². The van der Waals surface area contributed by atoms with Gasteiger partial charge in [-0.1, -0.05) is 6.92 Å². The Morgan fingerprint density at radius 2 is 2.15 bits per heavy atom. The molecule has 1 aromatic heterocycles. The number of thiazole rings is 1. The van der Waals surface area contributed by atoms with Gasteiger partial charge < -0.3 is 15.5 Å². The van der Waals surface area contributed by atoms with Crippen molar-refractivity contribution in [2.24, 2.45) is 4.99 Å². The number of hydrogen-bond donors (Lipinski definition) is 2. The van der Waals surface area contributed by atoms with Gasteiger partial charge in [0.1, 0.15) is 0 Å². The van der Waals surface area contributed by atoms with E-state index in [9.17, 15) is 4.79 Å². The minimum Gasteiger partial charge on any atom is -0.351 e. The first-order chi connectivity index (χ1) is 9.06. The van der Waals surface area contributed by atoms with Gasteiger partial charge in [0.05, 0.1) is 23.8 Å². The normalized spacial score (nSPS) is 10.7. The van der Waals surface area contributed by atoms with Gasteiger partial charge in [-0.15, -0.1) is 35.3 Å². The van der Waals surface area contributed by atoms with Gasteiger partial charge in [0.15, 0.2) is 5.96 Å². The summed E-state index contributed by atoms with van der Waals surface area (Å²) in [6.07, 6.45) is 0.953. The molecule has 1 aromatic rings. The highest BCUT2D eigenvalue weighted by Gasteiger charge is 2.06. The van der Waals surface area contributed by atoms with Gasteiger partial charge in [0.2, 0.25) is 5.91 Å². The van der Waals surface area contributed by atoms with Gasteiger partial charge in [0.25, 0.3) is 0 Å². The number of guanidine groups is 1. The van der Waals surface area contributed by atoms with Gasteiger partial charge in [-0.2, -0.15) is 0 Å². The first kappa shape index (κ1) is 19.1. The van der Waals surface area contributed by atoms with Crippen LogP contribution in [0.5, 0.6) is 0 Å². The largest absolute Gasteiger partial charge is 0.351 e. The first-order valence-corrected chi connectivity index (χ1v) is 7.02. The third kappa shape index (κ3) is 6.51. The summed E-state index contributed by atoms with van der Waals surface area (Å²) in [5.74, 6) is 0.603. The zero-order valence-corrected chi connectivity index (χ0v) is 15.4. The Morgan fingerprint density at radius 1 is 1.45 bits per heavy atom. The lowest BCUT2D eigenvalue weighted by Crippen LogP contribution is -2.42. The Balaban J connectivity index is 0.00000361. The number of aliphatic imine (C=N–C) groups is 1. The Hall–Kier alpha value is -0.900. The van der Waals surface area contributed by atoms with Crippen molar-refractivity contribution in [1.82, 2.24) is 20.5 Å². The summed E-state index contributed by atoms with van der Waals surface area (Å²) >= 11 is 1.66. The van der Waals surface area contributed by atoms with Gasteiger partial charge >= 0.3 is 0 Å². The quantitative estimate of drug-likeness (QED) is 0.432. The van der Waals surface area contributed by atoms with Crippen LogP contribution >= 0.6 is 35.3 Å². The SMILES string of the molecule is CCc1nc(CNC(=NC)NCC(=O)N(C)C)cs1.I. The predicted octanol–water partition coefficient (Wildman–Crippen LogP) is 1.08. The predicted molar refractivity (Wildman–Crippen MR) is 93.8 cm³/mol. The summed E-state index contributed by atoms with van der Waals surface area (Å²) in [5, 5.41) is 9.25. The minimum atomic E-state index is 0. The van der Waals surface area contributed by atoms with E-state index in [2.05, 4.69) is 27.5 Å². The van der Waals surface area contributed by atoms with E-state index in [0.29, 0.717) is 12.5 Å². The summed E-state index contributed by atoms with van der Waals surface area (Å²) in [6, 6.07) is 0. The minimum absolute atomic E-state index is 0. The van der Waals surface area contributed by atoms with Crippen LogP contribution in [0.2, 0.25) is 0 Å². The van der Waals surface area contributed by atoms with Crippen LogP contribution in [0.25, 0.3) is 0 Å². The van der Waals surface area contributed by atoms with Crippen molar-refractivity contribution in [1.29, 1.82) is 0 Å². The highest BCUT2D eigenvalue weighted by atomic mass is 127. The van der Waals surface area contributed by atoms with Crippen molar-refractivity contribution < 1.29 is 4.79 Å². The molecule has 1 heterocycles. The van der Waals surface area contributed by atoms with Crippen LogP contribution in [0.4, 0.5) is 0 Å². The standard InChI is InChI=1S/C12H21N5OS.HI/c1-5-10-16-9(8-19-10)6-14-12(13-2)15-7-11(18)17(3)4;/h8H,5-7H2,1-4H3,(H2,13,14,15);1H. The summed E-state index contributed by atoms with van der Waals surface area (Å²) in [6.45, 7) is 2.92. The molecule has 1 rings (SSSR count). The molecule has 114 valence electrons. The van der Waals surface area contributed by atoms with E-state index >= 15 is 0 Å². The summed E-state index contributed by atoms with van der Waals surface area (Å²) in [4.78, 5) is 21.5. The molecule has 8 heteroatoms. The summed E-state index contributed by atoms with van der Waals surface area (Å²) < 4.78 is 0. The third-order valence-corrected chi connectivity index (χ3v) is 3.51. The molecular weight excluding hydrogens is 389 g/mol. The molecule has 0 aliphatic heterocycles. The number of hydrogen-bond acceptors (Lipinski definition) is 4. The van der Waals surface area contributed by atoms with E-state index in [1.165, 1.54) is 4.90 Å². The van der Waals surface area contributed by atoms with E-state index in [1.807, 2.05) is 5.38 Å². The number of nitrogens with one attached hydrogen (secondary N) is 2. The molecule has 0 atom stereocenters. The average molecular weight is 411 g/mol. The molecule has 0 saturated carbocycles. The van der Waals surface area contributed by atoms with Crippen LogP contribution < -0.4 is 10.6 Å². The Labute approximate surface area is 141 Å². The van der Waals surface area contributed by atoms with Gasteiger partial charge in [-0.05, 0) is 6.42 Å². The molecule has 0 unspecified atom stereocenters. The second kappa shape index (κ2) is 9.92. The molecular formula is C12H22IN5OS. The second-order valence-electron chi connectivity index (χ2n) is 4.15. The number of amides is 1. The molecule has 0 spiro atoms. The fourth-order valence-electron chi connectivity index (χ4n) is 1.30. The number of likely N-dealkylation sites (N-methyl/N-ethyl adjacent to an activating group) is 1. The summed E-state index contributed by atoms with van der Waals surface area (Å²) in [5.41, 5.74) is 0.990. The molecule has 0 aliphatic carbocycles. The van der Waals surface area contributed by atoms with E-state index in [0.717, 1.165) is 17.1 Å². The van der Waals surface area contributed by atoms with Crippen molar-refractivity contribution in [3.05, 3.63) is 16.1 Å². The highest BCUT2D eigenvalue weighted by molar-refractivity contribution is 14.0. The van der Waals surface area contributed by atoms with Crippen molar-refractivity contribution in [2.45, 2.75) is 19.9 Å². The number of carbonyl (C=O) groups excluding carboxylic acids is 1. The van der Waals surface area contributed by atoms with Crippen LogP contribution in [0, 0.1) is 0 Å². The lowest BCUT2D eigenvalue weighted by atomic mass is 10.4. The van der Waals surface area contributed by atoms with Crippen LogP contribution in [-0.4, -0.2) is 49.4 Å². The van der Waals surface area contributed by atoms with Crippen molar-refractivity contribution in [3.63, 3.8) is 0 Å². The van der Waals surface area contributed by atoms with Crippen molar-refractivity contribution in [3.8, 4) is 0 Å². The Bertz CT molecular complexity index is 447. The molecule has 6 nitrogen and oxygen atoms in total. The van der Waals surface area contributed by atoms with Gasteiger partial charge in [0, 0.05) is 26.5 Å². The van der Waals surface area contributed by atoms with Crippen molar-refractivity contribution >= 4 is 47.2 Å². The monoisotopic (exact) mass is 411 g/mol. The highest BCUT2D eigenvalue weighted by Crippen LogP contribution is 2.09. The van der Waals surface area contributed by atoms with Crippen LogP contribution in [0.15, 0.2) is 10.4 Å². The molecule has 0 fully saturated rings. The molecule has 1 amide bonds. The Kier molecular flexibility index (Phi) is 9.47. The molecule has 0 bridgehead atoms. The number of aryl methyl sites for hydroxylation is 1. The number of rotatable bonds is 5. The maximum atomic E-state index is 11.4. The Morgan fingerprint density at radius 3 is 2.65 bits per heavy atom. The molecule has 0 radical (unpaired) electrons. The molecule has 2 N–H and O–H groups in total. The third-order valence-electron chi connectivity index (χ3n) is 2.47. The van der Waals surface area contributed by atoms with E-state index in [4.69, 9.17) is 0 Å². The summed E-state index contributed by atoms with van der Waals surface area (Å²) in [7, 11) is 5.12. The number of aromatic nitrogens is 1. The number of carbonyl (C=O) groups is 1. The van der Waals surface area contributed by atoms with Crippen LogP contribution in [0.3, 0.4) is 0 Å². The van der Waals surface area contributed by atoms with E-state index in [1.54, 1.807) is 32.5 Å². The first-order valence-electron chi connectivity index (χ1n) is 6.14. The molecule has 0 aromatic carbocycles. The molecule has 20 heavy (non-hydrogen) atoms.